The van der Waals surface area contributed by atoms with Gasteiger partial charge in [-0.1, -0.05) is 0 Å². The van der Waals surface area contributed by atoms with Crippen molar-refractivity contribution < 1.29 is 14.1 Å². The molecule has 8 heteroatoms. The number of hydrogen-bond donors (Lipinski definition) is 2. The smallest absolute Gasteiger partial charge is 0.311 e. The van der Waals surface area contributed by atoms with E-state index < -0.39 is 10.7 Å². The third-order valence-electron chi connectivity index (χ3n) is 2.58. The Balaban J connectivity index is 2.40. The van der Waals surface area contributed by atoms with Crippen molar-refractivity contribution in [2.45, 2.75) is 0 Å². The van der Waals surface area contributed by atoms with Crippen LogP contribution in [0.5, 0.6) is 11.5 Å². The Morgan fingerprint density at radius 2 is 2.00 bits per heavy atom. The predicted molar refractivity (Wildman–Crippen MR) is 78.3 cm³/mol. The molecule has 0 radical (unpaired) electrons. The lowest BCUT2D eigenvalue weighted by Gasteiger charge is -2.09. The Morgan fingerprint density at radius 1 is 1.29 bits per heavy atom. The van der Waals surface area contributed by atoms with Crippen molar-refractivity contribution in [3.63, 3.8) is 0 Å². The van der Waals surface area contributed by atoms with Gasteiger partial charge in [-0.05, 0) is 40.2 Å². The molecule has 2 aromatic carbocycles. The molecule has 0 fully saturated rings. The molecule has 0 saturated carbocycles. The molecule has 2 rings (SSSR count). The first-order valence-corrected chi connectivity index (χ1v) is 6.43. The van der Waals surface area contributed by atoms with Gasteiger partial charge in [0.25, 0.3) is 0 Å². The molecule has 6 nitrogen and oxygen atoms in total. The molecular weight excluding hydrogens is 345 g/mol. The lowest BCUT2D eigenvalue weighted by atomic mass is 10.2. The molecule has 0 unspecified atom stereocenters. The van der Waals surface area contributed by atoms with Crippen LogP contribution in [0.25, 0.3) is 0 Å². The van der Waals surface area contributed by atoms with E-state index in [-0.39, 0.29) is 23.0 Å². The van der Waals surface area contributed by atoms with Gasteiger partial charge in [-0.2, -0.15) is 0 Å². The third kappa shape index (κ3) is 3.34. The van der Waals surface area contributed by atoms with Gasteiger partial charge in [-0.3, -0.25) is 15.5 Å². The van der Waals surface area contributed by atoms with Gasteiger partial charge in [0, 0.05) is 17.7 Å². The van der Waals surface area contributed by atoms with Gasteiger partial charge in [-0.25, -0.2) is 4.39 Å². The van der Waals surface area contributed by atoms with Crippen LogP contribution in [0, 0.1) is 21.3 Å². The largest absolute Gasteiger partial charge is 0.449 e. The van der Waals surface area contributed by atoms with Crippen molar-refractivity contribution in [2.24, 2.45) is 5.73 Å². The van der Waals surface area contributed by atoms with Crippen LogP contribution in [-0.2, 0) is 0 Å². The zero-order valence-electron chi connectivity index (χ0n) is 10.5. The number of nitrogens with one attached hydrogen (secondary N) is 1. The van der Waals surface area contributed by atoms with Crippen LogP contribution < -0.4 is 10.5 Å². The number of rotatable bonds is 4. The van der Waals surface area contributed by atoms with E-state index in [0.717, 1.165) is 18.2 Å². The number of ether oxygens (including phenoxy) is 1. The molecule has 21 heavy (non-hydrogen) atoms. The van der Waals surface area contributed by atoms with Gasteiger partial charge in [0.05, 0.1) is 9.40 Å². The lowest BCUT2D eigenvalue weighted by Crippen LogP contribution is -2.10. The molecule has 0 aliphatic carbocycles. The maximum Gasteiger partial charge on any atom is 0.311 e. The molecule has 108 valence electrons. The average Bonchev–Trinajstić information content (AvgIpc) is 2.40. The van der Waals surface area contributed by atoms with Crippen LogP contribution in [0.3, 0.4) is 0 Å². The summed E-state index contributed by atoms with van der Waals surface area (Å²) >= 11 is 3.21. The highest BCUT2D eigenvalue weighted by Gasteiger charge is 2.17. The third-order valence-corrected chi connectivity index (χ3v) is 3.20. The molecular formula is C13H9BrFN3O3. The fraction of sp³-hybridized carbons (Fsp3) is 0. The summed E-state index contributed by atoms with van der Waals surface area (Å²) in [6.45, 7) is 0. The van der Waals surface area contributed by atoms with E-state index >= 15 is 0 Å². The summed E-state index contributed by atoms with van der Waals surface area (Å²) in [4.78, 5) is 10.2. The topological polar surface area (TPSA) is 102 Å². The molecule has 2 aromatic rings. The van der Waals surface area contributed by atoms with Crippen LogP contribution >= 0.6 is 15.9 Å². The minimum atomic E-state index is -0.660. The maximum atomic E-state index is 13.2. The van der Waals surface area contributed by atoms with E-state index in [0.29, 0.717) is 10.0 Å². The van der Waals surface area contributed by atoms with E-state index in [2.05, 4.69) is 15.9 Å². The second kappa shape index (κ2) is 5.88. The number of benzene rings is 2. The molecule has 0 aliphatic rings. The molecule has 0 amide bonds. The second-order valence-corrected chi connectivity index (χ2v) is 4.88. The minimum Gasteiger partial charge on any atom is -0.449 e. The van der Waals surface area contributed by atoms with Gasteiger partial charge in [0.2, 0.25) is 5.75 Å². The first-order valence-electron chi connectivity index (χ1n) is 5.64. The Labute approximate surface area is 127 Å². The normalized spacial score (nSPS) is 10.2. The van der Waals surface area contributed by atoms with Crippen molar-refractivity contribution in [3.05, 3.63) is 62.4 Å². The minimum absolute atomic E-state index is 0.126. The fourth-order valence-corrected chi connectivity index (χ4v) is 2.05. The fourth-order valence-electron chi connectivity index (χ4n) is 1.59. The number of nitro benzene ring substituents is 1. The summed E-state index contributed by atoms with van der Waals surface area (Å²) < 4.78 is 19.0. The van der Waals surface area contributed by atoms with Crippen LogP contribution in [0.2, 0.25) is 0 Å². The standard InChI is InChI=1S/C13H9BrFN3O3/c14-9-5-7(13(16)17)1-4-11(9)21-12-6-8(15)2-3-10(12)18(19)20/h1-6H,(H3,16,17). The number of hydrogen-bond acceptors (Lipinski definition) is 4. The van der Waals surface area contributed by atoms with Crippen molar-refractivity contribution in [2.75, 3.05) is 0 Å². The van der Waals surface area contributed by atoms with Crippen molar-refractivity contribution in [3.8, 4) is 11.5 Å². The van der Waals surface area contributed by atoms with Crippen LogP contribution in [0.4, 0.5) is 10.1 Å². The zero-order valence-corrected chi connectivity index (χ0v) is 12.1. The summed E-state index contributed by atoms with van der Waals surface area (Å²) in [6.07, 6.45) is 0. The Bertz CT molecular complexity index is 737. The number of nitrogen functional groups attached to an aromatic ring is 1. The predicted octanol–water partition coefficient (Wildman–Crippen LogP) is 3.57. The van der Waals surface area contributed by atoms with Gasteiger partial charge in [-0.15, -0.1) is 0 Å². The number of nitro groups is 1. The highest BCUT2D eigenvalue weighted by Crippen LogP contribution is 2.35. The van der Waals surface area contributed by atoms with Crippen molar-refractivity contribution in [1.29, 1.82) is 5.41 Å². The van der Waals surface area contributed by atoms with Crippen LogP contribution in [-0.4, -0.2) is 10.8 Å². The van der Waals surface area contributed by atoms with Gasteiger partial charge >= 0.3 is 5.69 Å². The first kappa shape index (κ1) is 14.9. The molecule has 0 bridgehead atoms. The first-order chi connectivity index (χ1) is 9.88. The van der Waals surface area contributed by atoms with Crippen LogP contribution in [0.15, 0.2) is 40.9 Å². The summed E-state index contributed by atoms with van der Waals surface area (Å²) in [5, 5.41) is 18.2. The van der Waals surface area contributed by atoms with E-state index in [9.17, 15) is 14.5 Å². The van der Waals surface area contributed by atoms with Gasteiger partial charge in [0.15, 0.2) is 0 Å². The molecule has 0 heterocycles. The quantitative estimate of drug-likeness (QED) is 0.379. The molecule has 0 atom stereocenters. The molecule has 0 aliphatic heterocycles. The van der Waals surface area contributed by atoms with E-state index in [1.54, 1.807) is 0 Å². The molecule has 0 spiro atoms. The second-order valence-electron chi connectivity index (χ2n) is 4.03. The monoisotopic (exact) mass is 353 g/mol. The summed E-state index contributed by atoms with van der Waals surface area (Å²) in [7, 11) is 0. The molecule has 3 N–H and O–H groups in total. The van der Waals surface area contributed by atoms with Gasteiger partial charge in [0.1, 0.15) is 17.4 Å². The Kier molecular flexibility index (Phi) is 4.18. The number of nitrogens with two attached hydrogens (primary N) is 1. The van der Waals surface area contributed by atoms with Gasteiger partial charge < -0.3 is 10.5 Å². The number of halogens is 2. The number of amidine groups is 1. The zero-order chi connectivity index (χ0) is 15.6. The van der Waals surface area contributed by atoms with Crippen molar-refractivity contribution in [1.82, 2.24) is 0 Å². The van der Waals surface area contributed by atoms with E-state index in [1.807, 2.05) is 0 Å². The van der Waals surface area contributed by atoms with Crippen molar-refractivity contribution >= 4 is 27.5 Å². The van der Waals surface area contributed by atoms with E-state index in [4.69, 9.17) is 15.9 Å². The number of nitrogens with zero attached hydrogens (tertiary/aromatic N) is 1. The lowest BCUT2D eigenvalue weighted by molar-refractivity contribution is -0.385. The Hall–Kier alpha value is -2.48. The summed E-state index contributed by atoms with van der Waals surface area (Å²) in [5.41, 5.74) is 5.46. The SMILES string of the molecule is N=C(N)c1ccc(Oc2cc(F)ccc2[N+](=O)[O-])c(Br)c1. The Morgan fingerprint density at radius 3 is 2.57 bits per heavy atom. The van der Waals surface area contributed by atoms with E-state index in [1.165, 1.54) is 18.2 Å². The highest BCUT2D eigenvalue weighted by atomic mass is 79.9. The summed E-state index contributed by atoms with van der Waals surface area (Å²) in [5.74, 6) is -0.740. The van der Waals surface area contributed by atoms with Crippen LogP contribution in [0.1, 0.15) is 5.56 Å². The molecule has 0 saturated heterocycles. The average molecular weight is 354 g/mol. The molecule has 0 aromatic heterocycles. The highest BCUT2D eigenvalue weighted by molar-refractivity contribution is 9.10. The maximum absolute atomic E-state index is 13.2. The summed E-state index contributed by atoms with van der Waals surface area (Å²) in [6, 6.07) is 7.48.